The number of benzene rings is 2. The van der Waals surface area contributed by atoms with Crippen molar-refractivity contribution in [3.63, 3.8) is 0 Å². The van der Waals surface area contributed by atoms with Gasteiger partial charge in [0.1, 0.15) is 0 Å². The van der Waals surface area contributed by atoms with Gasteiger partial charge in [0.2, 0.25) is 0 Å². The van der Waals surface area contributed by atoms with Gasteiger partial charge in [0.05, 0.1) is 0 Å². The van der Waals surface area contributed by atoms with Gasteiger partial charge < -0.3 is 0 Å². The first-order chi connectivity index (χ1) is 9.92. The van der Waals surface area contributed by atoms with Gasteiger partial charge in [-0.15, -0.1) is 0 Å². The molecule has 0 heterocycles. The number of allylic oxidation sites excluding steroid dienone is 2. The average molecular weight is 258 g/mol. The molecule has 0 bridgehead atoms. The van der Waals surface area contributed by atoms with Gasteiger partial charge in [-0.05, 0) is 59.1 Å². The lowest BCUT2D eigenvalue weighted by Gasteiger charge is -2.10. The maximum Gasteiger partial charge on any atom is -0.00881 e. The Kier molecular flexibility index (Phi) is 2.81. The zero-order chi connectivity index (χ0) is 13.4. The first-order valence-corrected chi connectivity index (χ1v) is 7.46. The molecule has 0 unspecified atom stereocenters. The minimum absolute atomic E-state index is 1.10. The van der Waals surface area contributed by atoms with Gasteiger partial charge in [0.25, 0.3) is 0 Å². The van der Waals surface area contributed by atoms with E-state index in [0.29, 0.717) is 0 Å². The molecule has 20 heavy (non-hydrogen) atoms. The second-order valence-corrected chi connectivity index (χ2v) is 5.69. The van der Waals surface area contributed by atoms with E-state index in [1.807, 2.05) is 0 Å². The number of hydrogen-bond donors (Lipinski definition) is 0. The molecule has 2 aliphatic rings. The van der Waals surface area contributed by atoms with Crippen LogP contribution in [0, 0.1) is 0 Å². The molecule has 98 valence electrons. The summed E-state index contributed by atoms with van der Waals surface area (Å²) in [5, 5.41) is 0. The Bertz CT molecular complexity index is 653. The van der Waals surface area contributed by atoms with Gasteiger partial charge in [-0.25, -0.2) is 0 Å². The van der Waals surface area contributed by atoms with Crippen molar-refractivity contribution in [3.05, 3.63) is 81.9 Å². The van der Waals surface area contributed by atoms with E-state index in [4.69, 9.17) is 0 Å². The molecule has 0 radical (unpaired) electrons. The highest BCUT2D eigenvalue weighted by Crippen LogP contribution is 2.27. The molecule has 2 aromatic carbocycles. The van der Waals surface area contributed by atoms with Crippen LogP contribution in [0.4, 0.5) is 0 Å². The number of hydrogen-bond acceptors (Lipinski definition) is 0. The molecule has 0 aromatic heterocycles. The van der Waals surface area contributed by atoms with Crippen LogP contribution < -0.4 is 0 Å². The van der Waals surface area contributed by atoms with Crippen molar-refractivity contribution in [3.8, 4) is 0 Å². The fourth-order valence-electron chi connectivity index (χ4n) is 3.43. The summed E-state index contributed by atoms with van der Waals surface area (Å²) in [6.07, 6.45) is 13.6. The summed E-state index contributed by atoms with van der Waals surface area (Å²) in [6, 6.07) is 13.5. The standard InChI is InChI=1S/C20H18/c1-5-15-9-3-11-19(15)17(7-1)13-14-18-8-2-6-16-10-4-12-20(16)18/h1-8,11-12H,9-10,13-14H2. The van der Waals surface area contributed by atoms with Gasteiger partial charge in [-0.3, -0.25) is 0 Å². The number of aryl methyl sites for hydroxylation is 2. The molecule has 0 N–H and O–H groups in total. The molecule has 0 atom stereocenters. The summed E-state index contributed by atoms with van der Waals surface area (Å²) in [7, 11) is 0. The van der Waals surface area contributed by atoms with Crippen LogP contribution in [0.15, 0.2) is 48.6 Å². The van der Waals surface area contributed by atoms with E-state index in [9.17, 15) is 0 Å². The van der Waals surface area contributed by atoms with Crippen LogP contribution in [0.2, 0.25) is 0 Å². The van der Waals surface area contributed by atoms with Gasteiger partial charge >= 0.3 is 0 Å². The SMILES string of the molecule is C1=Cc2c(cccc2CCc2cccc3c2C=CC3)C1. The summed E-state index contributed by atoms with van der Waals surface area (Å²) in [6.45, 7) is 0. The first kappa shape index (κ1) is 11.7. The Hall–Kier alpha value is -2.08. The minimum Gasteiger partial charge on any atom is -0.0795 e. The summed E-state index contributed by atoms with van der Waals surface area (Å²) in [5.41, 5.74) is 8.90. The van der Waals surface area contributed by atoms with Crippen molar-refractivity contribution in [2.45, 2.75) is 25.7 Å². The van der Waals surface area contributed by atoms with Crippen LogP contribution in [0.5, 0.6) is 0 Å². The Labute approximate surface area is 120 Å². The molecule has 0 aliphatic heterocycles. The smallest absolute Gasteiger partial charge is 0.00881 e. The molecule has 0 amide bonds. The van der Waals surface area contributed by atoms with Crippen LogP contribution in [0.3, 0.4) is 0 Å². The summed E-state index contributed by atoms with van der Waals surface area (Å²) in [4.78, 5) is 0. The fourth-order valence-corrected chi connectivity index (χ4v) is 3.43. The molecule has 0 saturated carbocycles. The van der Waals surface area contributed by atoms with Gasteiger partial charge in [0.15, 0.2) is 0 Å². The summed E-state index contributed by atoms with van der Waals surface area (Å²) < 4.78 is 0. The van der Waals surface area contributed by atoms with E-state index in [1.165, 1.54) is 33.4 Å². The second kappa shape index (κ2) is 4.79. The topological polar surface area (TPSA) is 0 Å². The van der Waals surface area contributed by atoms with Crippen LogP contribution in [0.25, 0.3) is 12.2 Å². The third-order valence-electron chi connectivity index (χ3n) is 4.48. The Morgan fingerprint density at radius 2 is 1.15 bits per heavy atom. The maximum atomic E-state index is 2.29. The predicted octanol–water partition coefficient (Wildman–Crippen LogP) is 4.61. The van der Waals surface area contributed by atoms with Crippen LogP contribution in [0.1, 0.15) is 33.4 Å². The third kappa shape index (κ3) is 1.92. The molecule has 0 fully saturated rings. The zero-order valence-electron chi connectivity index (χ0n) is 11.6. The van der Waals surface area contributed by atoms with Crippen molar-refractivity contribution < 1.29 is 0 Å². The van der Waals surface area contributed by atoms with Crippen molar-refractivity contribution in [2.75, 3.05) is 0 Å². The van der Waals surface area contributed by atoms with Crippen molar-refractivity contribution >= 4 is 12.2 Å². The van der Waals surface area contributed by atoms with Gasteiger partial charge in [0, 0.05) is 0 Å². The molecule has 4 rings (SSSR count). The molecule has 2 aliphatic carbocycles. The highest BCUT2D eigenvalue weighted by atomic mass is 14.2. The van der Waals surface area contributed by atoms with E-state index in [-0.39, 0.29) is 0 Å². The Morgan fingerprint density at radius 1 is 0.650 bits per heavy atom. The molecule has 0 heteroatoms. The van der Waals surface area contributed by atoms with Crippen molar-refractivity contribution in [1.29, 1.82) is 0 Å². The first-order valence-electron chi connectivity index (χ1n) is 7.46. The molecular formula is C20H18. The Balaban J connectivity index is 1.60. The molecule has 0 spiro atoms. The highest BCUT2D eigenvalue weighted by Gasteiger charge is 2.12. The average Bonchev–Trinajstić information content (AvgIpc) is 3.13. The quantitative estimate of drug-likeness (QED) is 0.754. The second-order valence-electron chi connectivity index (χ2n) is 5.69. The van der Waals surface area contributed by atoms with E-state index in [2.05, 4.69) is 60.7 Å². The number of rotatable bonds is 3. The van der Waals surface area contributed by atoms with Crippen molar-refractivity contribution in [1.82, 2.24) is 0 Å². The molecule has 2 aromatic rings. The lowest BCUT2D eigenvalue weighted by Crippen LogP contribution is -1.98. The van der Waals surface area contributed by atoms with Crippen LogP contribution in [-0.2, 0) is 25.7 Å². The summed E-state index contributed by atoms with van der Waals surface area (Å²) >= 11 is 0. The lowest BCUT2D eigenvalue weighted by atomic mass is 9.94. The van der Waals surface area contributed by atoms with Crippen molar-refractivity contribution in [2.24, 2.45) is 0 Å². The van der Waals surface area contributed by atoms with E-state index in [1.54, 1.807) is 0 Å². The van der Waals surface area contributed by atoms with Crippen LogP contribution in [-0.4, -0.2) is 0 Å². The molecular weight excluding hydrogens is 240 g/mol. The fraction of sp³-hybridized carbons (Fsp3) is 0.200. The normalized spacial score (nSPS) is 14.6. The lowest BCUT2D eigenvalue weighted by molar-refractivity contribution is 0.950. The molecule has 0 nitrogen and oxygen atoms in total. The number of fused-ring (bicyclic) bond motifs is 2. The Morgan fingerprint density at radius 3 is 1.65 bits per heavy atom. The van der Waals surface area contributed by atoms with Gasteiger partial charge in [-0.1, -0.05) is 60.7 Å². The van der Waals surface area contributed by atoms with E-state index < -0.39 is 0 Å². The summed E-state index contributed by atoms with van der Waals surface area (Å²) in [5.74, 6) is 0. The van der Waals surface area contributed by atoms with E-state index >= 15 is 0 Å². The molecule has 0 saturated heterocycles. The van der Waals surface area contributed by atoms with E-state index in [0.717, 1.165) is 25.7 Å². The maximum absolute atomic E-state index is 2.29. The van der Waals surface area contributed by atoms with Gasteiger partial charge in [-0.2, -0.15) is 0 Å². The zero-order valence-corrected chi connectivity index (χ0v) is 11.6. The largest absolute Gasteiger partial charge is 0.0795 e. The predicted molar refractivity (Wildman–Crippen MR) is 85.8 cm³/mol. The minimum atomic E-state index is 1.10. The van der Waals surface area contributed by atoms with Crippen LogP contribution >= 0.6 is 0 Å². The highest BCUT2D eigenvalue weighted by molar-refractivity contribution is 5.65. The monoisotopic (exact) mass is 258 g/mol. The third-order valence-corrected chi connectivity index (χ3v) is 4.48.